The highest BCUT2D eigenvalue weighted by Gasteiger charge is 2.40. The maximum Gasteiger partial charge on any atom is 0.339 e. The Kier molecular flexibility index (Phi) is 18.6. The van der Waals surface area contributed by atoms with Crippen LogP contribution in [0.3, 0.4) is 0 Å². The maximum absolute atomic E-state index is 13.8. The SMILES string of the molecule is C#CCOC(=O)c1ccc(COC(=O)C(C)(COC(=O)c2ccc(COC(=O)C(C)(CO)CO)c([N+](=O)[O-])c2)COC(=O)c2ccc(COC(=O)C(C)(CO)CO)c([N+](=O)[O-])c2)c([N+](=O)[O-])c1. The Hall–Kier alpha value is -7.92. The van der Waals surface area contributed by atoms with Crippen molar-refractivity contribution in [1.29, 1.82) is 0 Å². The summed E-state index contributed by atoms with van der Waals surface area (Å²) < 4.78 is 30.8. The molecule has 0 fully saturated rings. The van der Waals surface area contributed by atoms with Gasteiger partial charge in [-0.05, 0) is 57.2 Å². The van der Waals surface area contributed by atoms with Crippen molar-refractivity contribution in [3.63, 3.8) is 0 Å². The second-order valence-corrected chi connectivity index (χ2v) is 15.3. The molecule has 0 aliphatic heterocycles. The molecule has 0 radical (unpaired) electrons. The van der Waals surface area contributed by atoms with Crippen LogP contribution < -0.4 is 0 Å². The van der Waals surface area contributed by atoms with Gasteiger partial charge in [0.1, 0.15) is 49.3 Å². The van der Waals surface area contributed by atoms with Crippen molar-refractivity contribution in [3.05, 3.63) is 118 Å². The zero-order valence-electron chi connectivity index (χ0n) is 35.8. The Bertz CT molecular complexity index is 2340. The number of carbonyl (C=O) groups is 6. The van der Waals surface area contributed by atoms with Gasteiger partial charge in [0.2, 0.25) is 0 Å². The molecule has 0 bridgehead atoms. The molecule has 3 aromatic rings. The van der Waals surface area contributed by atoms with Crippen LogP contribution in [0.15, 0.2) is 54.6 Å². The third kappa shape index (κ3) is 13.6. The van der Waals surface area contributed by atoms with Crippen molar-refractivity contribution in [3.8, 4) is 12.3 Å². The molecule has 0 amide bonds. The zero-order chi connectivity index (χ0) is 50.3. The van der Waals surface area contributed by atoms with Gasteiger partial charge in [-0.15, -0.1) is 6.42 Å². The predicted molar refractivity (Wildman–Crippen MR) is 221 cm³/mol. The third-order valence-electron chi connectivity index (χ3n) is 9.83. The Morgan fingerprint density at radius 1 is 0.507 bits per heavy atom. The van der Waals surface area contributed by atoms with Crippen LogP contribution in [0.2, 0.25) is 0 Å². The molecular weight excluding hydrogens is 898 g/mol. The molecule has 0 aliphatic rings. The number of nitro benzene ring substituents is 3. The van der Waals surface area contributed by atoms with E-state index in [2.05, 4.69) is 5.92 Å². The highest BCUT2D eigenvalue weighted by Crippen LogP contribution is 2.29. The third-order valence-corrected chi connectivity index (χ3v) is 9.83. The van der Waals surface area contributed by atoms with Crippen molar-refractivity contribution in [2.45, 2.75) is 40.6 Å². The summed E-state index contributed by atoms with van der Waals surface area (Å²) in [6.07, 6.45) is 5.07. The molecule has 67 heavy (non-hydrogen) atoms. The van der Waals surface area contributed by atoms with E-state index in [1.165, 1.54) is 13.8 Å². The van der Waals surface area contributed by atoms with Gasteiger partial charge in [0, 0.05) is 18.2 Å². The molecule has 3 rings (SSSR count). The number of nitro groups is 3. The second-order valence-electron chi connectivity index (χ2n) is 15.3. The molecule has 0 unspecified atom stereocenters. The van der Waals surface area contributed by atoms with Gasteiger partial charge in [0.15, 0.2) is 6.61 Å². The summed E-state index contributed by atoms with van der Waals surface area (Å²) in [4.78, 5) is 111. The largest absolute Gasteiger partial charge is 0.461 e. The van der Waals surface area contributed by atoms with Crippen LogP contribution >= 0.6 is 0 Å². The monoisotopic (exact) mass is 941 g/mol. The number of rotatable bonds is 24. The summed E-state index contributed by atoms with van der Waals surface area (Å²) in [6.45, 7) is -4.57. The van der Waals surface area contributed by atoms with Crippen molar-refractivity contribution < 1.29 is 92.4 Å². The topological polar surface area (TPSA) is 368 Å². The summed E-state index contributed by atoms with van der Waals surface area (Å²) in [5.74, 6) is -5.02. The number of esters is 6. The fourth-order valence-electron chi connectivity index (χ4n) is 5.23. The highest BCUT2D eigenvalue weighted by molar-refractivity contribution is 5.92. The quantitative estimate of drug-likeness (QED) is 0.0328. The van der Waals surface area contributed by atoms with E-state index in [0.717, 1.165) is 61.5 Å². The van der Waals surface area contributed by atoms with Crippen LogP contribution in [0.4, 0.5) is 17.1 Å². The second kappa shape index (κ2) is 23.3. The van der Waals surface area contributed by atoms with Gasteiger partial charge in [0.25, 0.3) is 17.1 Å². The number of aliphatic hydroxyl groups is 4. The number of benzene rings is 3. The van der Waals surface area contributed by atoms with E-state index >= 15 is 0 Å². The minimum atomic E-state index is -2.21. The number of ether oxygens (including phenoxy) is 6. The molecule has 3 aromatic carbocycles. The van der Waals surface area contributed by atoms with E-state index in [1.807, 2.05) is 0 Å². The Balaban J connectivity index is 1.93. The zero-order valence-corrected chi connectivity index (χ0v) is 35.8. The van der Waals surface area contributed by atoms with E-state index in [-0.39, 0.29) is 22.3 Å². The lowest BCUT2D eigenvalue weighted by molar-refractivity contribution is -0.386. The Morgan fingerprint density at radius 2 is 0.791 bits per heavy atom. The molecule has 0 heterocycles. The minimum absolute atomic E-state index is 0.222. The van der Waals surface area contributed by atoms with Crippen LogP contribution in [0, 0.1) is 58.9 Å². The van der Waals surface area contributed by atoms with Crippen LogP contribution in [0.25, 0.3) is 0 Å². The Labute approximate surface area is 378 Å². The lowest BCUT2D eigenvalue weighted by Crippen LogP contribution is -2.40. The summed E-state index contributed by atoms with van der Waals surface area (Å²) in [5, 5.41) is 73.6. The smallest absolute Gasteiger partial charge is 0.339 e. The van der Waals surface area contributed by atoms with Crippen molar-refractivity contribution in [2.75, 3.05) is 46.2 Å². The van der Waals surface area contributed by atoms with Gasteiger partial charge in [-0.25, -0.2) is 14.4 Å². The molecule has 0 spiro atoms. The van der Waals surface area contributed by atoms with E-state index in [1.54, 1.807) is 0 Å². The summed E-state index contributed by atoms with van der Waals surface area (Å²) in [6, 6.07) is 8.65. The molecule has 358 valence electrons. The van der Waals surface area contributed by atoms with Crippen molar-refractivity contribution >= 4 is 52.9 Å². The standard InChI is InChI=1S/C42H43N3O22/c1-5-12-62-34(50)25-6-9-30(31(13-25)43(56)57)18-65-39(55)42(4,23-66-35(51)26-7-10-28(32(14-26)44(58)59)16-63-37(53)40(2,19-46)20-47)24-67-36(52)27-8-11-29(33(15-27)45(60)61)17-64-38(54)41(3,21-48)22-49/h1,6-11,13-15,46-49H,12,16-24H2,2-4H3. The molecule has 0 saturated heterocycles. The van der Waals surface area contributed by atoms with Gasteiger partial charge >= 0.3 is 35.8 Å². The van der Waals surface area contributed by atoms with Crippen molar-refractivity contribution in [1.82, 2.24) is 0 Å². The first-order valence-corrected chi connectivity index (χ1v) is 19.3. The van der Waals surface area contributed by atoms with Crippen LogP contribution in [-0.2, 0) is 62.6 Å². The molecule has 0 atom stereocenters. The molecule has 4 N–H and O–H groups in total. The fourth-order valence-corrected chi connectivity index (χ4v) is 5.23. The normalized spacial score (nSPS) is 11.3. The molecular formula is C42H43N3O22. The molecule has 0 aromatic heterocycles. The maximum atomic E-state index is 13.8. The lowest BCUT2D eigenvalue weighted by atomic mass is 9.93. The summed E-state index contributed by atoms with van der Waals surface area (Å²) >= 11 is 0. The number of nitrogens with zero attached hydrogens (tertiary/aromatic N) is 3. The summed E-state index contributed by atoms with van der Waals surface area (Å²) in [7, 11) is 0. The number of terminal acetylenes is 1. The first-order chi connectivity index (χ1) is 31.5. The average molecular weight is 942 g/mol. The van der Waals surface area contributed by atoms with Gasteiger partial charge < -0.3 is 48.8 Å². The molecule has 0 aliphatic carbocycles. The predicted octanol–water partition coefficient (Wildman–Crippen LogP) is 2.03. The Morgan fingerprint density at radius 3 is 1.06 bits per heavy atom. The highest BCUT2D eigenvalue weighted by atomic mass is 16.6. The van der Waals surface area contributed by atoms with E-state index in [9.17, 15) is 79.5 Å². The van der Waals surface area contributed by atoms with Crippen LogP contribution in [0.1, 0.15) is 68.5 Å². The minimum Gasteiger partial charge on any atom is -0.461 e. The van der Waals surface area contributed by atoms with Crippen molar-refractivity contribution in [2.24, 2.45) is 16.2 Å². The van der Waals surface area contributed by atoms with Crippen LogP contribution in [0.5, 0.6) is 0 Å². The number of carbonyl (C=O) groups excluding carboxylic acids is 6. The fraction of sp³-hybridized carbons (Fsp3) is 0.381. The first-order valence-electron chi connectivity index (χ1n) is 19.3. The molecule has 25 nitrogen and oxygen atoms in total. The number of hydrogen-bond acceptors (Lipinski definition) is 22. The van der Waals surface area contributed by atoms with Gasteiger partial charge in [-0.2, -0.15) is 0 Å². The lowest BCUT2D eigenvalue weighted by Gasteiger charge is -2.26. The van der Waals surface area contributed by atoms with E-state index in [0.29, 0.717) is 0 Å². The number of aliphatic hydroxyl groups excluding tert-OH is 4. The summed E-state index contributed by atoms with van der Waals surface area (Å²) in [5.41, 5.74) is -9.78. The van der Waals surface area contributed by atoms with Gasteiger partial charge in [0.05, 0.1) is 74.6 Å². The molecule has 25 heteroatoms. The van der Waals surface area contributed by atoms with Gasteiger partial charge in [-0.3, -0.25) is 44.7 Å². The van der Waals surface area contributed by atoms with Crippen LogP contribution in [-0.4, -0.2) is 117 Å². The van der Waals surface area contributed by atoms with Gasteiger partial charge in [-0.1, -0.05) is 5.92 Å². The average Bonchev–Trinajstić information content (AvgIpc) is 3.33. The molecule has 0 saturated carbocycles. The van der Waals surface area contributed by atoms with E-state index in [4.69, 9.17) is 34.8 Å². The first kappa shape index (κ1) is 53.4. The number of hydrogen-bond donors (Lipinski definition) is 4. The van der Waals surface area contributed by atoms with E-state index < -0.39 is 161 Å².